The second-order valence-corrected chi connectivity index (χ2v) is 9.17. The van der Waals surface area contributed by atoms with E-state index < -0.39 is 17.7 Å². The van der Waals surface area contributed by atoms with Gasteiger partial charge in [0.25, 0.3) is 0 Å². The van der Waals surface area contributed by atoms with Gasteiger partial charge >= 0.3 is 12.1 Å². The van der Waals surface area contributed by atoms with Crippen molar-refractivity contribution >= 4 is 35.1 Å². The third kappa shape index (κ3) is 4.46. The fourth-order valence-electron chi connectivity index (χ4n) is 3.79. The van der Waals surface area contributed by atoms with Gasteiger partial charge in [0, 0.05) is 16.8 Å². The molecular weight excluding hydrogens is 408 g/mol. The van der Waals surface area contributed by atoms with Gasteiger partial charge in [0.1, 0.15) is 5.54 Å². The molecule has 1 aliphatic rings. The first-order valence-corrected chi connectivity index (χ1v) is 9.88. The van der Waals surface area contributed by atoms with E-state index in [9.17, 15) is 14.7 Å². The van der Waals surface area contributed by atoms with Gasteiger partial charge in [0.15, 0.2) is 5.75 Å². The molecule has 1 unspecified atom stereocenters. The normalized spacial score (nSPS) is 17.4. The van der Waals surface area contributed by atoms with Crippen molar-refractivity contribution in [2.24, 2.45) is 5.41 Å². The molecule has 0 aliphatic carbocycles. The second kappa shape index (κ2) is 7.72. The third-order valence-electron chi connectivity index (χ3n) is 5.27. The van der Waals surface area contributed by atoms with Crippen molar-refractivity contribution in [2.75, 3.05) is 10.6 Å². The molecule has 1 aliphatic heterocycles. The Kier molecular flexibility index (Phi) is 5.60. The largest absolute Gasteiger partial charge is 0.511 e. The van der Waals surface area contributed by atoms with Crippen molar-refractivity contribution in [1.29, 1.82) is 0 Å². The Labute approximate surface area is 180 Å². The number of hydrogen-bond donors (Lipinski definition) is 4. The van der Waals surface area contributed by atoms with Gasteiger partial charge in [0.05, 0.1) is 11.7 Å². The summed E-state index contributed by atoms with van der Waals surface area (Å²) in [5, 5.41) is 25.3. The molecule has 4 N–H and O–H groups in total. The maximum Gasteiger partial charge on any atom is 0.511 e. The average molecular weight is 433 g/mol. The number of ether oxygens (including phenoxy) is 1. The van der Waals surface area contributed by atoms with Gasteiger partial charge in [-0.15, -0.1) is 0 Å². The molecule has 7 nitrogen and oxygen atoms in total. The summed E-state index contributed by atoms with van der Waals surface area (Å²) in [5.41, 5.74) is 1.73. The summed E-state index contributed by atoms with van der Waals surface area (Å²) < 4.78 is 4.95. The van der Waals surface area contributed by atoms with Crippen LogP contribution in [-0.4, -0.2) is 27.9 Å². The van der Waals surface area contributed by atoms with Crippen molar-refractivity contribution in [1.82, 2.24) is 0 Å². The van der Waals surface area contributed by atoms with E-state index in [4.69, 9.17) is 21.4 Å². The molecule has 0 spiro atoms. The summed E-state index contributed by atoms with van der Waals surface area (Å²) in [7, 11) is 0. The van der Waals surface area contributed by atoms with Gasteiger partial charge in [-0.2, -0.15) is 0 Å². The van der Waals surface area contributed by atoms with Gasteiger partial charge in [0.2, 0.25) is 0 Å². The molecule has 0 aromatic heterocycles. The highest BCUT2D eigenvalue weighted by atomic mass is 35.5. The number of aliphatic carboxylic acids is 1. The van der Waals surface area contributed by atoms with Gasteiger partial charge in [-0.1, -0.05) is 37.6 Å². The first kappa shape index (κ1) is 21.8. The number of fused-ring (bicyclic) bond motifs is 1. The van der Waals surface area contributed by atoms with Crippen molar-refractivity contribution in [2.45, 2.75) is 45.7 Å². The third-order valence-corrected chi connectivity index (χ3v) is 5.49. The zero-order chi connectivity index (χ0) is 22.3. The van der Waals surface area contributed by atoms with E-state index in [1.54, 1.807) is 13.8 Å². The van der Waals surface area contributed by atoms with Crippen LogP contribution in [0.15, 0.2) is 36.4 Å². The number of halogens is 1. The van der Waals surface area contributed by atoms with E-state index in [1.165, 1.54) is 6.07 Å². The molecule has 2 aromatic carbocycles. The summed E-state index contributed by atoms with van der Waals surface area (Å²) >= 11 is 6.16. The van der Waals surface area contributed by atoms with Crippen molar-refractivity contribution < 1.29 is 24.5 Å². The van der Waals surface area contributed by atoms with E-state index in [1.807, 2.05) is 30.3 Å². The summed E-state index contributed by atoms with van der Waals surface area (Å²) in [4.78, 5) is 22.6. The molecule has 1 heterocycles. The Balaban J connectivity index is 1.99. The van der Waals surface area contributed by atoms with Crippen LogP contribution in [0.25, 0.3) is 0 Å². The topological polar surface area (TPSA) is 108 Å². The lowest BCUT2D eigenvalue weighted by atomic mass is 9.73. The van der Waals surface area contributed by atoms with Gasteiger partial charge in [-0.3, -0.25) is 0 Å². The van der Waals surface area contributed by atoms with Crippen LogP contribution < -0.4 is 15.4 Å². The Bertz CT molecular complexity index is 1000. The molecule has 0 fully saturated rings. The van der Waals surface area contributed by atoms with E-state index in [0.717, 1.165) is 11.1 Å². The van der Waals surface area contributed by atoms with Crippen LogP contribution in [0.1, 0.15) is 44.9 Å². The Morgan fingerprint density at radius 2 is 1.93 bits per heavy atom. The number of rotatable bonds is 5. The molecule has 1 atom stereocenters. The summed E-state index contributed by atoms with van der Waals surface area (Å²) in [5.74, 6) is -0.794. The first-order chi connectivity index (χ1) is 13.9. The molecule has 3 rings (SSSR count). The molecular formula is C22H25ClN2O5. The average Bonchev–Trinajstić information content (AvgIpc) is 2.59. The number of nitrogens with one attached hydrogen (secondary N) is 2. The minimum absolute atomic E-state index is 0.159. The summed E-state index contributed by atoms with van der Waals surface area (Å²) in [6.45, 7) is 7.40. The predicted octanol–water partition coefficient (Wildman–Crippen LogP) is 5.41. The van der Waals surface area contributed by atoms with Crippen LogP contribution >= 0.6 is 11.6 Å². The lowest BCUT2D eigenvalue weighted by Crippen LogP contribution is -2.40. The second-order valence-electron chi connectivity index (χ2n) is 8.73. The highest BCUT2D eigenvalue weighted by molar-refractivity contribution is 6.31. The molecule has 0 saturated carbocycles. The van der Waals surface area contributed by atoms with E-state index >= 15 is 0 Å². The minimum Gasteiger partial charge on any atom is -0.480 e. The molecule has 8 heteroatoms. The number of benzene rings is 2. The SMILES string of the molecule is CC(C)(Nc1cccc(C2Nc3c(cc(Cl)cc3OC(=O)O)CC2(C)C)c1)C(=O)O. The van der Waals surface area contributed by atoms with Crippen molar-refractivity contribution in [3.05, 3.63) is 52.5 Å². The Hall–Kier alpha value is -2.93. The zero-order valence-electron chi connectivity index (χ0n) is 17.2. The van der Waals surface area contributed by atoms with Gasteiger partial charge < -0.3 is 25.6 Å². The number of hydrogen-bond acceptors (Lipinski definition) is 5. The highest BCUT2D eigenvalue weighted by Crippen LogP contribution is 2.49. The first-order valence-electron chi connectivity index (χ1n) is 9.50. The molecule has 30 heavy (non-hydrogen) atoms. The number of carbonyl (C=O) groups is 2. The minimum atomic E-state index is -1.41. The smallest absolute Gasteiger partial charge is 0.480 e. The maximum atomic E-state index is 11.5. The number of carboxylic acid groups (broad SMARTS) is 2. The van der Waals surface area contributed by atoms with Crippen LogP contribution in [0.2, 0.25) is 5.02 Å². The predicted molar refractivity (Wildman–Crippen MR) is 116 cm³/mol. The van der Waals surface area contributed by atoms with Crippen LogP contribution in [0.5, 0.6) is 5.75 Å². The molecule has 0 saturated heterocycles. The molecule has 0 amide bonds. The number of carboxylic acids is 1. The quantitative estimate of drug-likeness (QED) is 0.369. The molecule has 2 aromatic rings. The molecule has 0 radical (unpaired) electrons. The molecule has 0 bridgehead atoms. The van der Waals surface area contributed by atoms with E-state index in [2.05, 4.69) is 24.5 Å². The molecule has 160 valence electrons. The van der Waals surface area contributed by atoms with Crippen LogP contribution in [0.4, 0.5) is 16.2 Å². The maximum absolute atomic E-state index is 11.5. The van der Waals surface area contributed by atoms with Gasteiger partial charge in [-0.25, -0.2) is 9.59 Å². The fraction of sp³-hybridized carbons (Fsp3) is 0.364. The van der Waals surface area contributed by atoms with Crippen LogP contribution in [0, 0.1) is 5.41 Å². The monoisotopic (exact) mass is 432 g/mol. The standard InChI is InChI=1S/C22H25ClN2O5/c1-21(2)11-13-8-14(23)10-16(30-20(28)29)17(13)24-18(21)12-6-5-7-15(9-12)25-22(3,4)19(26)27/h5-10,18,24-25H,11H2,1-4H3,(H,26,27)(H,28,29). The fourth-order valence-corrected chi connectivity index (χ4v) is 4.02. The number of anilines is 2. The van der Waals surface area contributed by atoms with Crippen LogP contribution in [0.3, 0.4) is 0 Å². The van der Waals surface area contributed by atoms with E-state index in [-0.39, 0.29) is 17.2 Å². The van der Waals surface area contributed by atoms with Crippen LogP contribution in [-0.2, 0) is 11.2 Å². The summed E-state index contributed by atoms with van der Waals surface area (Å²) in [6.07, 6.45) is -0.765. The Morgan fingerprint density at radius 1 is 1.23 bits per heavy atom. The Morgan fingerprint density at radius 3 is 2.57 bits per heavy atom. The van der Waals surface area contributed by atoms with E-state index in [0.29, 0.717) is 22.8 Å². The lowest BCUT2D eigenvalue weighted by molar-refractivity contribution is -0.141. The highest BCUT2D eigenvalue weighted by Gasteiger charge is 2.38. The van der Waals surface area contributed by atoms with Crippen molar-refractivity contribution in [3.63, 3.8) is 0 Å². The summed E-state index contributed by atoms with van der Waals surface area (Å²) in [6, 6.07) is 10.7. The lowest BCUT2D eigenvalue weighted by Gasteiger charge is -2.42. The van der Waals surface area contributed by atoms with Crippen molar-refractivity contribution in [3.8, 4) is 5.75 Å². The zero-order valence-corrected chi connectivity index (χ0v) is 18.0. The van der Waals surface area contributed by atoms with Gasteiger partial charge in [-0.05, 0) is 55.0 Å².